The minimum Gasteiger partial charge on any atom is -0.339 e. The van der Waals surface area contributed by atoms with Crippen molar-refractivity contribution in [3.8, 4) is 0 Å². The fraction of sp³-hybridized carbons (Fsp3) is 0.643. The molecule has 20 heavy (non-hydrogen) atoms. The third-order valence-electron chi connectivity index (χ3n) is 3.87. The summed E-state index contributed by atoms with van der Waals surface area (Å²) in [5.41, 5.74) is 0.856. The van der Waals surface area contributed by atoms with E-state index in [1.807, 2.05) is 22.1 Å². The Bertz CT molecular complexity index is 516. The first-order valence-electron chi connectivity index (χ1n) is 7.11. The van der Waals surface area contributed by atoms with Crippen molar-refractivity contribution >= 4 is 23.2 Å². The van der Waals surface area contributed by atoms with Gasteiger partial charge in [0.05, 0.1) is 17.1 Å². The molecule has 5 nitrogen and oxygen atoms in total. The third-order valence-corrected chi connectivity index (χ3v) is 4.69. The highest BCUT2D eigenvalue weighted by Gasteiger charge is 2.35. The van der Waals surface area contributed by atoms with Crippen LogP contribution in [0.1, 0.15) is 23.5 Å². The van der Waals surface area contributed by atoms with Crippen molar-refractivity contribution in [2.24, 2.45) is 5.92 Å². The Labute approximate surface area is 122 Å². The fourth-order valence-electron chi connectivity index (χ4n) is 2.52. The monoisotopic (exact) mass is 293 g/mol. The zero-order valence-electron chi connectivity index (χ0n) is 11.7. The van der Waals surface area contributed by atoms with E-state index >= 15 is 0 Å². The summed E-state index contributed by atoms with van der Waals surface area (Å²) in [5, 5.41) is 2.94. The number of aryl methyl sites for hydroxylation is 1. The number of thiazole rings is 1. The van der Waals surface area contributed by atoms with E-state index < -0.39 is 0 Å². The molecule has 6 heteroatoms. The summed E-state index contributed by atoms with van der Waals surface area (Å²) < 4.78 is 0. The molecule has 2 amide bonds. The molecule has 0 spiro atoms. The van der Waals surface area contributed by atoms with Crippen LogP contribution in [-0.2, 0) is 16.0 Å². The summed E-state index contributed by atoms with van der Waals surface area (Å²) in [7, 11) is 0. The van der Waals surface area contributed by atoms with Crippen LogP contribution in [0.4, 0.5) is 0 Å². The fourth-order valence-corrected chi connectivity index (χ4v) is 3.13. The van der Waals surface area contributed by atoms with Crippen molar-refractivity contribution in [2.75, 3.05) is 26.2 Å². The molecule has 1 aliphatic carbocycles. The van der Waals surface area contributed by atoms with Gasteiger partial charge in [0.2, 0.25) is 11.8 Å². The zero-order valence-corrected chi connectivity index (χ0v) is 12.5. The standard InChI is InChI=1S/C14H19N3O2S/c1-10-15-12(9-20-10)8-13(18)16-4-6-17(7-5-16)14(19)11-2-3-11/h9,11H,2-8H2,1H3. The van der Waals surface area contributed by atoms with Gasteiger partial charge in [0.15, 0.2) is 0 Å². The summed E-state index contributed by atoms with van der Waals surface area (Å²) in [6, 6.07) is 0. The number of piperazine rings is 1. The maximum atomic E-state index is 12.2. The van der Waals surface area contributed by atoms with E-state index in [2.05, 4.69) is 4.98 Å². The summed E-state index contributed by atoms with van der Waals surface area (Å²) in [6.45, 7) is 4.61. The highest BCUT2D eigenvalue weighted by Crippen LogP contribution is 2.31. The largest absolute Gasteiger partial charge is 0.339 e. The van der Waals surface area contributed by atoms with Crippen LogP contribution in [0.15, 0.2) is 5.38 Å². The van der Waals surface area contributed by atoms with Gasteiger partial charge in [-0.1, -0.05) is 0 Å². The number of hydrogen-bond donors (Lipinski definition) is 0. The van der Waals surface area contributed by atoms with Crippen LogP contribution in [0.3, 0.4) is 0 Å². The molecule has 2 fully saturated rings. The molecule has 0 bridgehead atoms. The molecule has 0 radical (unpaired) electrons. The van der Waals surface area contributed by atoms with Crippen LogP contribution in [0, 0.1) is 12.8 Å². The van der Waals surface area contributed by atoms with Crippen molar-refractivity contribution < 1.29 is 9.59 Å². The highest BCUT2D eigenvalue weighted by molar-refractivity contribution is 7.09. The van der Waals surface area contributed by atoms with Gasteiger partial charge in [0.1, 0.15) is 0 Å². The minimum absolute atomic E-state index is 0.119. The van der Waals surface area contributed by atoms with Gasteiger partial charge in [-0.25, -0.2) is 4.98 Å². The lowest BCUT2D eigenvalue weighted by atomic mass is 10.2. The van der Waals surface area contributed by atoms with E-state index in [0.29, 0.717) is 32.6 Å². The van der Waals surface area contributed by atoms with Crippen molar-refractivity contribution in [3.63, 3.8) is 0 Å². The smallest absolute Gasteiger partial charge is 0.228 e. The summed E-state index contributed by atoms with van der Waals surface area (Å²) >= 11 is 1.57. The van der Waals surface area contributed by atoms with Crippen LogP contribution < -0.4 is 0 Å². The van der Waals surface area contributed by atoms with Gasteiger partial charge in [-0.2, -0.15) is 0 Å². The Balaban J connectivity index is 1.49. The van der Waals surface area contributed by atoms with Gasteiger partial charge in [-0.15, -0.1) is 11.3 Å². The molecule has 1 aromatic heterocycles. The van der Waals surface area contributed by atoms with Crippen molar-refractivity contribution in [3.05, 3.63) is 16.1 Å². The minimum atomic E-state index is 0.119. The zero-order chi connectivity index (χ0) is 14.1. The lowest BCUT2D eigenvalue weighted by Crippen LogP contribution is -2.51. The van der Waals surface area contributed by atoms with E-state index in [4.69, 9.17) is 0 Å². The Morgan fingerprint density at radius 3 is 2.45 bits per heavy atom. The van der Waals surface area contributed by atoms with Crippen LogP contribution in [-0.4, -0.2) is 52.8 Å². The molecule has 0 aromatic carbocycles. The van der Waals surface area contributed by atoms with E-state index in [0.717, 1.165) is 23.5 Å². The number of nitrogens with zero attached hydrogens (tertiary/aromatic N) is 3. The lowest BCUT2D eigenvalue weighted by molar-refractivity contribution is -0.140. The van der Waals surface area contributed by atoms with Gasteiger partial charge >= 0.3 is 0 Å². The molecule has 1 aliphatic heterocycles. The molecule has 2 heterocycles. The first-order valence-corrected chi connectivity index (χ1v) is 7.99. The second-order valence-corrected chi connectivity index (χ2v) is 6.58. The Hall–Kier alpha value is -1.43. The first kappa shape index (κ1) is 13.5. The predicted octanol–water partition coefficient (Wildman–Crippen LogP) is 1.07. The number of carbonyl (C=O) groups is 2. The molecule has 2 aliphatic rings. The Morgan fingerprint density at radius 2 is 1.90 bits per heavy atom. The number of rotatable bonds is 3. The van der Waals surface area contributed by atoms with Gasteiger partial charge in [-0.3, -0.25) is 9.59 Å². The number of aromatic nitrogens is 1. The Morgan fingerprint density at radius 1 is 1.25 bits per heavy atom. The van der Waals surface area contributed by atoms with E-state index in [1.54, 1.807) is 11.3 Å². The van der Waals surface area contributed by atoms with Crippen LogP contribution in [0.2, 0.25) is 0 Å². The second-order valence-electron chi connectivity index (χ2n) is 5.51. The van der Waals surface area contributed by atoms with Crippen molar-refractivity contribution in [1.29, 1.82) is 0 Å². The van der Waals surface area contributed by atoms with E-state index in [9.17, 15) is 9.59 Å². The van der Waals surface area contributed by atoms with Gasteiger partial charge in [-0.05, 0) is 19.8 Å². The van der Waals surface area contributed by atoms with Crippen molar-refractivity contribution in [1.82, 2.24) is 14.8 Å². The molecule has 0 N–H and O–H groups in total. The molecule has 1 aromatic rings. The van der Waals surface area contributed by atoms with Crippen LogP contribution in [0.5, 0.6) is 0 Å². The maximum Gasteiger partial charge on any atom is 0.228 e. The van der Waals surface area contributed by atoms with Crippen molar-refractivity contribution in [2.45, 2.75) is 26.2 Å². The topological polar surface area (TPSA) is 53.5 Å². The Kier molecular flexibility index (Phi) is 3.74. The summed E-state index contributed by atoms with van der Waals surface area (Å²) in [4.78, 5) is 32.2. The van der Waals surface area contributed by atoms with Crippen LogP contribution >= 0.6 is 11.3 Å². The number of amides is 2. The van der Waals surface area contributed by atoms with Gasteiger partial charge in [0, 0.05) is 37.5 Å². The number of hydrogen-bond acceptors (Lipinski definition) is 4. The molecule has 0 unspecified atom stereocenters. The summed E-state index contributed by atoms with van der Waals surface area (Å²) in [5.74, 6) is 0.677. The third kappa shape index (κ3) is 3.00. The molecular formula is C14H19N3O2S. The van der Waals surface area contributed by atoms with Gasteiger partial charge < -0.3 is 9.80 Å². The second kappa shape index (κ2) is 5.52. The van der Waals surface area contributed by atoms with E-state index in [1.165, 1.54) is 0 Å². The predicted molar refractivity (Wildman–Crippen MR) is 76.4 cm³/mol. The average Bonchev–Trinajstić information content (AvgIpc) is 3.22. The molecular weight excluding hydrogens is 274 g/mol. The number of carbonyl (C=O) groups excluding carboxylic acids is 2. The normalized spacial score (nSPS) is 19.2. The highest BCUT2D eigenvalue weighted by atomic mass is 32.1. The lowest BCUT2D eigenvalue weighted by Gasteiger charge is -2.34. The van der Waals surface area contributed by atoms with E-state index in [-0.39, 0.29) is 17.7 Å². The van der Waals surface area contributed by atoms with Gasteiger partial charge in [0.25, 0.3) is 0 Å². The first-order chi connectivity index (χ1) is 9.63. The average molecular weight is 293 g/mol. The molecule has 1 saturated carbocycles. The molecule has 108 valence electrons. The van der Waals surface area contributed by atoms with Crippen LogP contribution in [0.25, 0.3) is 0 Å². The molecule has 1 saturated heterocycles. The SMILES string of the molecule is Cc1nc(CC(=O)N2CCN(C(=O)C3CC3)CC2)cs1. The molecule has 0 atom stereocenters. The molecule has 3 rings (SSSR count). The quantitative estimate of drug-likeness (QED) is 0.838. The summed E-state index contributed by atoms with van der Waals surface area (Å²) in [6.07, 6.45) is 2.46. The maximum absolute atomic E-state index is 12.2.